The highest BCUT2D eigenvalue weighted by atomic mass is 16.7. The molecule has 0 aromatic carbocycles. The molecule has 3 saturated heterocycles. The Labute approximate surface area is 378 Å². The van der Waals surface area contributed by atoms with Crippen LogP contribution in [0, 0.1) is 23.7 Å². The fourth-order valence-corrected chi connectivity index (χ4v) is 9.51. The van der Waals surface area contributed by atoms with Crippen LogP contribution in [0.4, 0.5) is 0 Å². The quantitative estimate of drug-likeness (QED) is 0.131. The number of hydrogen-bond donors (Lipinski definition) is 5. The molecule has 4 heterocycles. The Balaban J connectivity index is 1.62. The van der Waals surface area contributed by atoms with E-state index in [1.54, 1.807) is 59.7 Å². The Bertz CT molecular complexity index is 1560. The van der Waals surface area contributed by atoms with Crippen LogP contribution < -0.4 is 0 Å². The van der Waals surface area contributed by atoms with Crippen LogP contribution in [0.25, 0.3) is 0 Å². The number of likely N-dealkylation sites (N-methyl/N-ethyl adjacent to an activating group) is 1. The van der Waals surface area contributed by atoms with E-state index in [1.165, 1.54) is 27.2 Å². The zero-order valence-corrected chi connectivity index (χ0v) is 39.7. The predicted molar refractivity (Wildman–Crippen MR) is 230 cm³/mol. The van der Waals surface area contributed by atoms with Crippen LogP contribution in [0.5, 0.6) is 0 Å². The van der Waals surface area contributed by atoms with Crippen LogP contribution in [0.1, 0.15) is 87.5 Å². The van der Waals surface area contributed by atoms with Crippen LogP contribution in [-0.4, -0.2) is 187 Å². The third-order valence-electron chi connectivity index (χ3n) is 13.4. The Kier molecular flexibility index (Phi) is 20.5. The second kappa shape index (κ2) is 24.1. The molecule has 3 fully saturated rings. The van der Waals surface area contributed by atoms with Crippen LogP contribution in [0.3, 0.4) is 0 Å². The molecular weight excluding hydrogens is 838 g/mol. The number of carbonyl (C=O) groups is 3. The summed E-state index contributed by atoms with van der Waals surface area (Å²) in [6.07, 6.45) is -8.49. The molecule has 368 valence electrons. The minimum Gasteiger partial charge on any atom is -0.462 e. The minimum absolute atomic E-state index is 0.00788. The Morgan fingerprint density at radius 2 is 1.52 bits per heavy atom. The highest BCUT2D eigenvalue weighted by Gasteiger charge is 2.52. The number of ketones is 1. The molecule has 0 aliphatic carbocycles. The zero-order valence-electron chi connectivity index (χ0n) is 39.7. The van der Waals surface area contributed by atoms with Gasteiger partial charge in [0, 0.05) is 44.8 Å². The summed E-state index contributed by atoms with van der Waals surface area (Å²) in [4.78, 5) is 41.5. The predicted octanol–water partition coefficient (Wildman–Crippen LogP) is 1.83. The summed E-state index contributed by atoms with van der Waals surface area (Å²) in [5.74, 6) is -3.59. The third kappa shape index (κ3) is 13.5. The summed E-state index contributed by atoms with van der Waals surface area (Å²) >= 11 is 0. The van der Waals surface area contributed by atoms with Gasteiger partial charge in [0.1, 0.15) is 49.0 Å². The monoisotopic (exact) mass is 916 g/mol. The highest BCUT2D eigenvalue weighted by Crippen LogP contribution is 2.37. The first kappa shape index (κ1) is 54.3. The van der Waals surface area contributed by atoms with Crippen molar-refractivity contribution in [3.05, 3.63) is 23.8 Å². The molecule has 4 aliphatic rings. The molecule has 4 aliphatic heterocycles. The van der Waals surface area contributed by atoms with Gasteiger partial charge in [-0.25, -0.2) is 0 Å². The van der Waals surface area contributed by atoms with Crippen LogP contribution in [0.2, 0.25) is 0 Å². The number of rotatable bonds is 13. The zero-order chi connectivity index (χ0) is 47.8. The summed E-state index contributed by atoms with van der Waals surface area (Å²) in [5, 5.41) is 55.8. The van der Waals surface area contributed by atoms with E-state index in [9.17, 15) is 39.9 Å². The first-order valence-electron chi connectivity index (χ1n) is 22.7. The third-order valence-corrected chi connectivity index (χ3v) is 13.4. The lowest BCUT2D eigenvalue weighted by molar-refractivity contribution is -0.341. The smallest absolute Gasteiger partial charge is 0.308 e. The SMILES string of the molecule is CCC1OC(=O)C[C@H](O)[C@@H](C)C(O[C@H]2O[C@@H](C)[C@H](O[C@H]3C[C@](C)(O)[C@H](O)[C@@H](C)O3)[C@@H](N(C)C)[C@@H]2O)[C@H](CC=O)C[C@H](C)C(=O)/C=C/C(C)=C\[C@H]1CO[C@H]1O[C@@H](C)[C@H](O)[C@H](OC)[C@@H]1OC. The standard InChI is InChI=1S/C46H77NO17/c1-13-33-30(22-58-45-42(57-12)41(56-11)37(52)26(5)60-45)18-23(2)14-15-31(49)24(3)19-29(16-17-48)39(25(4)32(50)20-34(51)62-33)64-44-38(53)36(47(9)10)40(27(6)61-44)63-35-21-46(8,55)43(54)28(7)59-35/h14-15,17-18,24-30,32-33,35-45,50,52-55H,13,16,19-22H2,1-12H3/b15-14+,23-18-/t24-,25+,26-,27-,28+,29+,30-,32-,33?,35-,36-,37-,38-,39?,40-,41-,42-,43+,44+,45-,46-/m0/s1. The number of methoxy groups -OCH3 is 2. The van der Waals surface area contributed by atoms with Gasteiger partial charge < -0.3 is 77.9 Å². The molecule has 0 bridgehead atoms. The van der Waals surface area contributed by atoms with Crippen LogP contribution >= 0.6 is 0 Å². The largest absolute Gasteiger partial charge is 0.462 e. The number of nitrogens with zero attached hydrogens (tertiary/aromatic N) is 1. The summed E-state index contributed by atoms with van der Waals surface area (Å²) in [6.45, 7) is 13.6. The Morgan fingerprint density at radius 3 is 2.11 bits per heavy atom. The molecule has 18 heteroatoms. The number of carbonyl (C=O) groups excluding carboxylic acids is 3. The van der Waals surface area contributed by atoms with Gasteiger partial charge in [-0.05, 0) is 73.5 Å². The molecule has 18 nitrogen and oxygen atoms in total. The maximum Gasteiger partial charge on any atom is 0.308 e. The number of hydrogen-bond acceptors (Lipinski definition) is 18. The van der Waals surface area contributed by atoms with E-state index in [-0.39, 0.29) is 31.7 Å². The van der Waals surface area contributed by atoms with Gasteiger partial charge in [0.25, 0.3) is 0 Å². The van der Waals surface area contributed by atoms with Crippen molar-refractivity contribution in [3.63, 3.8) is 0 Å². The maximum absolute atomic E-state index is 13.8. The Morgan fingerprint density at radius 1 is 0.859 bits per heavy atom. The topological polar surface area (TPSA) is 239 Å². The van der Waals surface area contributed by atoms with Crippen molar-refractivity contribution in [1.29, 1.82) is 0 Å². The van der Waals surface area contributed by atoms with E-state index >= 15 is 0 Å². The molecular formula is C46H77NO17. The molecule has 0 aromatic heterocycles. The van der Waals surface area contributed by atoms with E-state index in [0.29, 0.717) is 12.0 Å². The molecule has 0 aromatic rings. The normalized spacial score (nSPS) is 45.9. The highest BCUT2D eigenvalue weighted by molar-refractivity contribution is 5.91. The van der Waals surface area contributed by atoms with Crippen molar-refractivity contribution < 1.29 is 82.5 Å². The molecule has 0 spiro atoms. The molecule has 0 amide bonds. The number of aliphatic hydroxyl groups is 5. The van der Waals surface area contributed by atoms with Gasteiger partial charge in [-0.2, -0.15) is 0 Å². The van der Waals surface area contributed by atoms with E-state index in [4.69, 9.17) is 42.6 Å². The first-order valence-corrected chi connectivity index (χ1v) is 22.7. The number of aliphatic hydroxyl groups excluding tert-OH is 4. The minimum atomic E-state index is -1.49. The van der Waals surface area contributed by atoms with Crippen molar-refractivity contribution in [2.45, 2.75) is 191 Å². The number of cyclic esters (lactones) is 1. The van der Waals surface area contributed by atoms with Crippen molar-refractivity contribution in [3.8, 4) is 0 Å². The molecule has 4 rings (SSSR count). The fourth-order valence-electron chi connectivity index (χ4n) is 9.51. The second-order valence-electron chi connectivity index (χ2n) is 18.7. The van der Waals surface area contributed by atoms with E-state index in [1.807, 2.05) is 19.9 Å². The summed E-state index contributed by atoms with van der Waals surface area (Å²) < 4.78 is 54.7. The van der Waals surface area contributed by atoms with E-state index < -0.39 is 140 Å². The maximum atomic E-state index is 13.8. The first-order chi connectivity index (χ1) is 30.1. The number of aldehydes is 1. The van der Waals surface area contributed by atoms with Gasteiger partial charge in [-0.3, -0.25) is 9.59 Å². The summed E-state index contributed by atoms with van der Waals surface area (Å²) in [5.41, 5.74) is -0.806. The molecule has 21 atom stereocenters. The van der Waals surface area contributed by atoms with Crippen molar-refractivity contribution >= 4 is 18.0 Å². The van der Waals surface area contributed by atoms with Gasteiger partial charge in [-0.15, -0.1) is 0 Å². The summed E-state index contributed by atoms with van der Waals surface area (Å²) in [6, 6.07) is -0.748. The molecule has 0 saturated carbocycles. The van der Waals surface area contributed by atoms with E-state index in [2.05, 4.69) is 0 Å². The average molecular weight is 916 g/mol. The average Bonchev–Trinajstić information content (AvgIpc) is 3.23. The molecule has 5 N–H and O–H groups in total. The lowest BCUT2D eigenvalue weighted by Crippen LogP contribution is -2.65. The van der Waals surface area contributed by atoms with Gasteiger partial charge in [-0.1, -0.05) is 38.5 Å². The summed E-state index contributed by atoms with van der Waals surface area (Å²) in [7, 11) is 6.43. The number of esters is 1. The molecule has 64 heavy (non-hydrogen) atoms. The fraction of sp³-hybridized carbons (Fsp3) is 0.848. The van der Waals surface area contributed by atoms with Gasteiger partial charge in [0.15, 0.2) is 24.7 Å². The van der Waals surface area contributed by atoms with Gasteiger partial charge in [0.2, 0.25) is 0 Å². The van der Waals surface area contributed by atoms with Crippen molar-refractivity contribution in [2.75, 3.05) is 34.9 Å². The van der Waals surface area contributed by atoms with Crippen molar-refractivity contribution in [2.24, 2.45) is 23.7 Å². The molecule has 0 radical (unpaired) electrons. The van der Waals surface area contributed by atoms with Crippen molar-refractivity contribution in [1.82, 2.24) is 4.90 Å². The number of allylic oxidation sites excluding steroid dienone is 3. The van der Waals surface area contributed by atoms with Crippen LogP contribution in [0.15, 0.2) is 23.8 Å². The van der Waals surface area contributed by atoms with Gasteiger partial charge >= 0.3 is 5.97 Å². The molecule has 2 unspecified atom stereocenters. The Hall–Kier alpha value is -2.27. The van der Waals surface area contributed by atoms with Gasteiger partial charge in [0.05, 0.1) is 55.2 Å². The number of ether oxygens (including phenoxy) is 9. The lowest BCUT2D eigenvalue weighted by Gasteiger charge is -2.50. The lowest BCUT2D eigenvalue weighted by atomic mass is 9.79. The van der Waals surface area contributed by atoms with Crippen LogP contribution in [-0.2, 0) is 57.0 Å². The second-order valence-corrected chi connectivity index (χ2v) is 18.7. The van der Waals surface area contributed by atoms with E-state index in [0.717, 1.165) is 6.29 Å².